The number of esters is 1. The third kappa shape index (κ3) is 1.60. The Kier molecular flexibility index (Phi) is 1.87. The first-order chi connectivity index (χ1) is 5.41. The second kappa shape index (κ2) is 2.58. The third-order valence-corrected chi connectivity index (χ3v) is 1.01. The zero-order valence-corrected chi connectivity index (χ0v) is 5.51. The summed E-state index contributed by atoms with van der Waals surface area (Å²) >= 11 is 0. The average Bonchev–Trinajstić information content (AvgIpc) is 2.32. The number of alkyl halides is 3. The van der Waals surface area contributed by atoms with Gasteiger partial charge in [0.25, 0.3) is 5.90 Å². The number of aliphatic imine (C=N–C) groups is 1. The second-order valence-electron chi connectivity index (χ2n) is 1.92. The maximum Gasteiger partial charge on any atom is 0.459 e. The van der Waals surface area contributed by atoms with Crippen LogP contribution in [0.2, 0.25) is 0 Å². The Hall–Kier alpha value is -1.40. The summed E-state index contributed by atoms with van der Waals surface area (Å²) in [5.74, 6) is -4.36. The van der Waals surface area contributed by atoms with Gasteiger partial charge >= 0.3 is 17.9 Å². The van der Waals surface area contributed by atoms with E-state index in [-0.39, 0.29) is 0 Å². The molecule has 12 heavy (non-hydrogen) atoms. The lowest BCUT2D eigenvalue weighted by Gasteiger charge is -2.02. The number of rotatable bonds is 1. The molecule has 1 rings (SSSR count). The average molecular weight is 181 g/mol. The Morgan fingerprint density at radius 2 is 2.08 bits per heavy atom. The highest BCUT2D eigenvalue weighted by atomic mass is 19.4. The van der Waals surface area contributed by atoms with E-state index in [0.29, 0.717) is 0 Å². The Bertz CT molecular complexity index is 268. The molecule has 0 fully saturated rings. The number of cyclic esters (lactones) is 1. The fourth-order valence-electron chi connectivity index (χ4n) is 0.548. The van der Waals surface area contributed by atoms with Crippen LogP contribution in [-0.4, -0.2) is 30.4 Å². The highest BCUT2D eigenvalue weighted by Crippen LogP contribution is 2.18. The minimum absolute atomic E-state index is 0.531. The predicted octanol–water partition coefficient (Wildman–Crippen LogP) is 0.0731. The van der Waals surface area contributed by atoms with Crippen LogP contribution in [0.5, 0.6) is 0 Å². The molecule has 1 aliphatic rings. The van der Waals surface area contributed by atoms with Crippen molar-refractivity contribution in [2.75, 3.05) is 6.54 Å². The first kappa shape index (κ1) is 8.69. The van der Waals surface area contributed by atoms with Crippen molar-refractivity contribution >= 4 is 17.7 Å². The molecule has 0 aromatic carbocycles. The Labute approximate surface area is 64.0 Å². The van der Waals surface area contributed by atoms with Gasteiger partial charge in [-0.3, -0.25) is 4.79 Å². The molecule has 0 aromatic rings. The Balaban J connectivity index is 2.74. The number of hydrogen-bond donors (Lipinski definition) is 0. The highest BCUT2D eigenvalue weighted by molar-refractivity contribution is 6.41. The summed E-state index contributed by atoms with van der Waals surface area (Å²) in [5, 5.41) is 0. The van der Waals surface area contributed by atoms with Gasteiger partial charge < -0.3 is 4.74 Å². The van der Waals surface area contributed by atoms with Gasteiger partial charge in [0.2, 0.25) is 0 Å². The van der Waals surface area contributed by atoms with Crippen molar-refractivity contribution in [3.63, 3.8) is 0 Å². The fraction of sp³-hybridized carbons (Fsp3) is 0.400. The number of ether oxygens (including phenoxy) is 1. The summed E-state index contributed by atoms with van der Waals surface area (Å²) in [6.07, 6.45) is -5.04. The van der Waals surface area contributed by atoms with E-state index < -0.39 is 30.4 Å². The summed E-state index contributed by atoms with van der Waals surface area (Å²) in [4.78, 5) is 23.5. The lowest BCUT2D eigenvalue weighted by Crippen LogP contribution is -2.31. The van der Waals surface area contributed by atoms with Crippen molar-refractivity contribution in [1.29, 1.82) is 0 Å². The molecule has 0 spiro atoms. The molecule has 66 valence electrons. The van der Waals surface area contributed by atoms with Crippen LogP contribution in [0, 0.1) is 0 Å². The number of ketones is 1. The molecule has 7 heteroatoms. The van der Waals surface area contributed by atoms with Crippen molar-refractivity contribution in [2.45, 2.75) is 6.18 Å². The van der Waals surface area contributed by atoms with Crippen molar-refractivity contribution < 1.29 is 27.5 Å². The lowest BCUT2D eigenvalue weighted by atomic mass is 10.4. The van der Waals surface area contributed by atoms with Crippen molar-refractivity contribution in [3.05, 3.63) is 0 Å². The molecule has 0 saturated heterocycles. The Morgan fingerprint density at radius 3 is 2.42 bits per heavy atom. The van der Waals surface area contributed by atoms with Crippen LogP contribution >= 0.6 is 0 Å². The number of Topliss-reactive ketones (excluding diaryl/α,β-unsaturated/α-hetero) is 1. The molecule has 0 amide bonds. The van der Waals surface area contributed by atoms with Crippen molar-refractivity contribution in [1.82, 2.24) is 0 Å². The zero-order chi connectivity index (χ0) is 9.35. The van der Waals surface area contributed by atoms with Gasteiger partial charge in [-0.1, -0.05) is 0 Å². The van der Waals surface area contributed by atoms with E-state index in [2.05, 4.69) is 9.73 Å². The van der Waals surface area contributed by atoms with Crippen LogP contribution in [0.15, 0.2) is 4.99 Å². The topological polar surface area (TPSA) is 55.7 Å². The smallest absolute Gasteiger partial charge is 0.402 e. The van der Waals surface area contributed by atoms with Crippen LogP contribution in [0.3, 0.4) is 0 Å². The van der Waals surface area contributed by atoms with Crippen LogP contribution in [-0.2, 0) is 14.3 Å². The molecular formula is C5H2F3NO3. The monoisotopic (exact) mass is 181 g/mol. The van der Waals surface area contributed by atoms with Gasteiger partial charge in [-0.15, -0.1) is 0 Å². The fourth-order valence-corrected chi connectivity index (χ4v) is 0.548. The standard InChI is InChI=1S/C5H2F3NO3/c6-5(7,8)3(11)4-9-1-2(10)12-4/h1H2. The van der Waals surface area contributed by atoms with E-state index in [1.807, 2.05) is 0 Å². The van der Waals surface area contributed by atoms with Crippen LogP contribution in [0.25, 0.3) is 0 Å². The van der Waals surface area contributed by atoms with Crippen molar-refractivity contribution in [2.24, 2.45) is 4.99 Å². The molecule has 4 nitrogen and oxygen atoms in total. The quantitative estimate of drug-likeness (QED) is 0.538. The van der Waals surface area contributed by atoms with Crippen LogP contribution < -0.4 is 0 Å². The second-order valence-corrected chi connectivity index (χ2v) is 1.92. The Morgan fingerprint density at radius 1 is 1.50 bits per heavy atom. The minimum atomic E-state index is -5.04. The molecule has 1 heterocycles. The molecule has 1 aliphatic heterocycles. The summed E-state index contributed by atoms with van der Waals surface area (Å²) in [7, 11) is 0. The summed E-state index contributed by atoms with van der Waals surface area (Å²) in [6.45, 7) is -0.531. The summed E-state index contributed by atoms with van der Waals surface area (Å²) in [5.41, 5.74) is 0. The van der Waals surface area contributed by atoms with Crippen LogP contribution in [0.1, 0.15) is 0 Å². The van der Waals surface area contributed by atoms with E-state index in [1.165, 1.54) is 0 Å². The maximum atomic E-state index is 11.6. The maximum absolute atomic E-state index is 11.6. The summed E-state index contributed by atoms with van der Waals surface area (Å²) in [6, 6.07) is 0. The van der Waals surface area contributed by atoms with Gasteiger partial charge in [0, 0.05) is 0 Å². The first-order valence-corrected chi connectivity index (χ1v) is 2.78. The van der Waals surface area contributed by atoms with E-state index in [1.54, 1.807) is 0 Å². The van der Waals surface area contributed by atoms with Gasteiger partial charge in [-0.2, -0.15) is 13.2 Å². The third-order valence-electron chi connectivity index (χ3n) is 1.01. The number of nitrogens with zero attached hydrogens (tertiary/aromatic N) is 1. The molecule has 0 N–H and O–H groups in total. The van der Waals surface area contributed by atoms with Gasteiger partial charge in [-0.25, -0.2) is 9.79 Å². The summed E-state index contributed by atoms with van der Waals surface area (Å²) < 4.78 is 38.7. The van der Waals surface area contributed by atoms with E-state index in [0.717, 1.165) is 0 Å². The van der Waals surface area contributed by atoms with E-state index >= 15 is 0 Å². The molecular weight excluding hydrogens is 179 g/mol. The SMILES string of the molecule is O=C1CN=C(C(=O)C(F)(F)F)O1. The molecule has 0 radical (unpaired) electrons. The highest BCUT2D eigenvalue weighted by Gasteiger charge is 2.45. The molecule has 0 unspecified atom stereocenters. The molecule has 0 bridgehead atoms. The number of carbonyl (C=O) groups excluding carboxylic acids is 2. The van der Waals surface area contributed by atoms with Gasteiger partial charge in [0.05, 0.1) is 0 Å². The van der Waals surface area contributed by atoms with Gasteiger partial charge in [-0.05, 0) is 0 Å². The van der Waals surface area contributed by atoms with E-state index in [9.17, 15) is 22.8 Å². The molecule has 0 aromatic heterocycles. The van der Waals surface area contributed by atoms with Gasteiger partial charge in [0.15, 0.2) is 0 Å². The number of hydrogen-bond acceptors (Lipinski definition) is 4. The number of halogens is 3. The largest absolute Gasteiger partial charge is 0.459 e. The number of carbonyl (C=O) groups is 2. The molecule has 0 atom stereocenters. The van der Waals surface area contributed by atoms with Crippen LogP contribution in [0.4, 0.5) is 13.2 Å². The minimum Gasteiger partial charge on any atom is -0.402 e. The first-order valence-electron chi connectivity index (χ1n) is 2.78. The van der Waals surface area contributed by atoms with Gasteiger partial charge in [0.1, 0.15) is 6.54 Å². The normalized spacial score (nSPS) is 17.2. The molecule has 0 saturated carbocycles. The van der Waals surface area contributed by atoms with E-state index in [4.69, 9.17) is 0 Å². The zero-order valence-electron chi connectivity index (χ0n) is 5.51. The molecule has 0 aliphatic carbocycles. The lowest BCUT2D eigenvalue weighted by molar-refractivity contribution is -0.165. The predicted molar refractivity (Wildman–Crippen MR) is 29.5 cm³/mol. The van der Waals surface area contributed by atoms with Crippen molar-refractivity contribution in [3.8, 4) is 0 Å².